The van der Waals surface area contributed by atoms with Crippen LogP contribution in [0.15, 0.2) is 12.5 Å². The molecule has 2 aromatic rings. The largest absolute Gasteiger partial charge is 0.380 e. The number of aromatic amines is 1. The average Bonchev–Trinajstić information content (AvgIpc) is 2.34. The molecule has 0 aliphatic carbocycles. The summed E-state index contributed by atoms with van der Waals surface area (Å²) in [5, 5.41) is 6.43. The van der Waals surface area contributed by atoms with Gasteiger partial charge in [-0.05, 0) is 0 Å². The Morgan fingerprint density at radius 3 is 3.20 bits per heavy atom. The first kappa shape index (κ1) is 5.16. The molecular formula is C5H5N5. The van der Waals surface area contributed by atoms with Gasteiger partial charge in [-0.1, -0.05) is 0 Å². The quantitative estimate of drug-likeness (QED) is 0.530. The van der Waals surface area contributed by atoms with E-state index in [0.29, 0.717) is 11.3 Å². The summed E-state index contributed by atoms with van der Waals surface area (Å²) in [6.07, 6.45) is 3.07. The maximum Gasteiger partial charge on any atom is 0.171 e. The first-order chi connectivity index (χ1) is 4.88. The number of rotatable bonds is 0. The Kier molecular flexibility index (Phi) is 0.858. The summed E-state index contributed by atoms with van der Waals surface area (Å²) in [7, 11) is 0. The van der Waals surface area contributed by atoms with Gasteiger partial charge in [-0.15, -0.1) is 0 Å². The van der Waals surface area contributed by atoms with Crippen molar-refractivity contribution in [2.75, 3.05) is 5.73 Å². The van der Waals surface area contributed by atoms with Gasteiger partial charge in [-0.25, -0.2) is 9.97 Å². The summed E-state index contributed by atoms with van der Waals surface area (Å²) in [6, 6.07) is 0. The van der Waals surface area contributed by atoms with Crippen LogP contribution in [0.1, 0.15) is 0 Å². The molecule has 0 atom stereocenters. The number of nitrogens with zero attached hydrogens (tertiary/aromatic N) is 3. The molecule has 3 N–H and O–H groups in total. The van der Waals surface area contributed by atoms with Gasteiger partial charge in [0.2, 0.25) is 0 Å². The van der Waals surface area contributed by atoms with Crippen LogP contribution in [-0.4, -0.2) is 20.2 Å². The van der Waals surface area contributed by atoms with Crippen molar-refractivity contribution in [2.24, 2.45) is 0 Å². The van der Waals surface area contributed by atoms with Crippen molar-refractivity contribution in [1.29, 1.82) is 0 Å². The molecule has 0 radical (unpaired) electrons. The van der Waals surface area contributed by atoms with E-state index in [4.69, 9.17) is 5.73 Å². The first-order valence-electron chi connectivity index (χ1n) is 2.77. The number of aromatic nitrogens is 4. The number of anilines is 1. The normalized spacial score (nSPS) is 10.4. The lowest BCUT2D eigenvalue weighted by atomic mass is 10.4. The van der Waals surface area contributed by atoms with Crippen LogP contribution >= 0.6 is 0 Å². The van der Waals surface area contributed by atoms with E-state index in [2.05, 4.69) is 20.2 Å². The summed E-state index contributed by atoms with van der Waals surface area (Å²) in [5.74, 6) is 0.414. The molecule has 0 saturated carbocycles. The number of nitrogens with two attached hydrogens (primary N) is 1. The lowest BCUT2D eigenvalue weighted by Crippen LogP contribution is -1.85. The van der Waals surface area contributed by atoms with Crippen molar-refractivity contribution in [3.8, 4) is 0 Å². The minimum Gasteiger partial charge on any atom is -0.380 e. The second kappa shape index (κ2) is 1.66. The Morgan fingerprint density at radius 1 is 1.50 bits per heavy atom. The third-order valence-electron chi connectivity index (χ3n) is 1.25. The third kappa shape index (κ3) is 0.540. The Balaban J connectivity index is 2.93. The van der Waals surface area contributed by atoms with Gasteiger partial charge >= 0.3 is 0 Å². The Bertz CT molecular complexity index is 352. The molecule has 0 amide bonds. The van der Waals surface area contributed by atoms with Crippen LogP contribution in [0.3, 0.4) is 0 Å². The summed E-state index contributed by atoms with van der Waals surface area (Å²) in [6.45, 7) is 0. The number of nitrogen functional groups attached to an aromatic ring is 1. The SMILES string of the molecule is Nc1n[nH]c2cncnc12. The third-order valence-corrected chi connectivity index (χ3v) is 1.25. The lowest BCUT2D eigenvalue weighted by molar-refractivity contribution is 1.12. The number of nitrogens with one attached hydrogen (secondary N) is 1. The summed E-state index contributed by atoms with van der Waals surface area (Å²) in [5.41, 5.74) is 6.88. The lowest BCUT2D eigenvalue weighted by Gasteiger charge is -1.83. The number of hydrogen-bond donors (Lipinski definition) is 2. The fraction of sp³-hybridized carbons (Fsp3) is 0. The molecule has 0 aliphatic rings. The van der Waals surface area contributed by atoms with Crippen LogP contribution in [0.25, 0.3) is 11.0 Å². The topological polar surface area (TPSA) is 80.5 Å². The van der Waals surface area contributed by atoms with Gasteiger partial charge in [0.15, 0.2) is 5.82 Å². The van der Waals surface area contributed by atoms with Crippen LogP contribution in [0.5, 0.6) is 0 Å². The highest BCUT2D eigenvalue weighted by molar-refractivity contribution is 5.83. The van der Waals surface area contributed by atoms with Crippen molar-refractivity contribution in [1.82, 2.24) is 20.2 Å². The molecule has 0 aromatic carbocycles. The zero-order valence-corrected chi connectivity index (χ0v) is 5.07. The number of H-pyrrole nitrogens is 1. The van der Waals surface area contributed by atoms with E-state index in [9.17, 15) is 0 Å². The van der Waals surface area contributed by atoms with Gasteiger partial charge in [0.25, 0.3) is 0 Å². The van der Waals surface area contributed by atoms with Crippen LogP contribution in [0.4, 0.5) is 5.82 Å². The maximum atomic E-state index is 5.44. The van der Waals surface area contributed by atoms with Crippen molar-refractivity contribution < 1.29 is 0 Å². The Hall–Kier alpha value is -1.65. The van der Waals surface area contributed by atoms with Crippen LogP contribution in [0, 0.1) is 0 Å². The van der Waals surface area contributed by atoms with Gasteiger partial charge in [0, 0.05) is 0 Å². The van der Waals surface area contributed by atoms with Gasteiger partial charge < -0.3 is 5.73 Å². The van der Waals surface area contributed by atoms with E-state index in [1.54, 1.807) is 6.20 Å². The molecule has 0 unspecified atom stereocenters. The van der Waals surface area contributed by atoms with Crippen LogP contribution in [-0.2, 0) is 0 Å². The molecule has 10 heavy (non-hydrogen) atoms. The molecule has 0 fully saturated rings. The molecule has 0 bridgehead atoms. The molecule has 2 heterocycles. The first-order valence-corrected chi connectivity index (χ1v) is 2.77. The highest BCUT2D eigenvalue weighted by Gasteiger charge is 1.99. The number of fused-ring (bicyclic) bond motifs is 1. The van der Waals surface area contributed by atoms with Gasteiger partial charge in [0.05, 0.1) is 6.20 Å². The summed E-state index contributed by atoms with van der Waals surface area (Å²) in [4.78, 5) is 7.70. The van der Waals surface area contributed by atoms with E-state index in [0.717, 1.165) is 5.52 Å². The predicted octanol–water partition coefficient (Wildman–Crippen LogP) is -0.0649. The molecule has 0 spiro atoms. The standard InChI is InChI=1S/C5H5N5/c6-5-4-3(9-10-5)1-7-2-8-4/h1-2H,(H3,6,9,10). The molecule has 5 nitrogen and oxygen atoms in total. The van der Waals surface area contributed by atoms with Crippen molar-refractivity contribution in [3.05, 3.63) is 12.5 Å². The van der Waals surface area contributed by atoms with E-state index < -0.39 is 0 Å². The van der Waals surface area contributed by atoms with Crippen molar-refractivity contribution >= 4 is 16.9 Å². The van der Waals surface area contributed by atoms with Gasteiger partial charge in [0.1, 0.15) is 17.4 Å². The second-order valence-corrected chi connectivity index (χ2v) is 1.89. The highest BCUT2D eigenvalue weighted by atomic mass is 15.2. The Labute approximate surface area is 56.3 Å². The smallest absolute Gasteiger partial charge is 0.171 e. The van der Waals surface area contributed by atoms with Crippen LogP contribution in [0.2, 0.25) is 0 Å². The van der Waals surface area contributed by atoms with Crippen molar-refractivity contribution in [3.63, 3.8) is 0 Å². The monoisotopic (exact) mass is 135 g/mol. The zero-order valence-electron chi connectivity index (χ0n) is 5.07. The summed E-state index contributed by atoms with van der Waals surface area (Å²) >= 11 is 0. The van der Waals surface area contributed by atoms with E-state index in [1.807, 2.05) is 0 Å². The van der Waals surface area contributed by atoms with Gasteiger partial charge in [-0.3, -0.25) is 5.10 Å². The summed E-state index contributed by atoms with van der Waals surface area (Å²) < 4.78 is 0. The maximum absolute atomic E-state index is 5.44. The highest BCUT2D eigenvalue weighted by Crippen LogP contribution is 2.10. The van der Waals surface area contributed by atoms with E-state index in [1.165, 1.54) is 6.33 Å². The molecular weight excluding hydrogens is 130 g/mol. The zero-order chi connectivity index (χ0) is 6.97. The molecule has 0 saturated heterocycles. The molecule has 50 valence electrons. The van der Waals surface area contributed by atoms with Crippen molar-refractivity contribution in [2.45, 2.75) is 0 Å². The van der Waals surface area contributed by atoms with Crippen LogP contribution < -0.4 is 5.73 Å². The minimum atomic E-state index is 0.414. The molecule has 2 rings (SSSR count). The molecule has 5 heteroatoms. The molecule has 0 aliphatic heterocycles. The Morgan fingerprint density at radius 2 is 2.40 bits per heavy atom. The fourth-order valence-electron chi connectivity index (χ4n) is 0.789. The minimum absolute atomic E-state index is 0.414. The van der Waals surface area contributed by atoms with Gasteiger partial charge in [-0.2, -0.15) is 5.10 Å². The molecule has 2 aromatic heterocycles. The number of hydrogen-bond acceptors (Lipinski definition) is 4. The predicted molar refractivity (Wildman–Crippen MR) is 36.1 cm³/mol. The van der Waals surface area contributed by atoms with E-state index >= 15 is 0 Å². The average molecular weight is 135 g/mol. The fourth-order valence-corrected chi connectivity index (χ4v) is 0.789. The second-order valence-electron chi connectivity index (χ2n) is 1.89. The van der Waals surface area contributed by atoms with E-state index in [-0.39, 0.29) is 0 Å².